The number of amides is 1. The molecule has 1 amide bonds. The number of carbonyl (C=O) groups is 1. The van der Waals surface area contributed by atoms with Crippen molar-refractivity contribution in [2.24, 2.45) is 0 Å². The van der Waals surface area contributed by atoms with Gasteiger partial charge in [-0.15, -0.1) is 0 Å². The fraction of sp³-hybridized carbons (Fsp3) is 0.588. The molecule has 0 bridgehead atoms. The molecule has 1 aromatic carbocycles. The van der Waals surface area contributed by atoms with Crippen molar-refractivity contribution < 1.29 is 17.6 Å². The van der Waals surface area contributed by atoms with Crippen molar-refractivity contribution in [2.45, 2.75) is 31.1 Å². The topological polar surface area (TPSA) is 69.7 Å². The molecule has 1 aliphatic rings. The average Bonchev–Trinajstić information content (AvgIpc) is 2.59. The molecule has 0 unspecified atom stereocenters. The van der Waals surface area contributed by atoms with Gasteiger partial charge in [0, 0.05) is 32.7 Å². The number of sulfonamides is 1. The minimum Gasteiger partial charge on any atom is -0.355 e. The predicted octanol–water partition coefficient (Wildman–Crippen LogP) is 1.44. The predicted molar refractivity (Wildman–Crippen MR) is 94.1 cm³/mol. The summed E-state index contributed by atoms with van der Waals surface area (Å²) >= 11 is 0. The molecule has 0 spiro atoms. The van der Waals surface area contributed by atoms with Gasteiger partial charge in [0.25, 0.3) is 0 Å². The molecule has 8 heteroatoms. The van der Waals surface area contributed by atoms with Crippen LogP contribution in [-0.4, -0.2) is 62.8 Å². The van der Waals surface area contributed by atoms with E-state index in [1.54, 1.807) is 0 Å². The zero-order valence-electron chi connectivity index (χ0n) is 14.6. The van der Waals surface area contributed by atoms with Crippen LogP contribution < -0.4 is 5.32 Å². The molecule has 0 aromatic heterocycles. The summed E-state index contributed by atoms with van der Waals surface area (Å²) in [4.78, 5) is 13.8. The van der Waals surface area contributed by atoms with Crippen molar-refractivity contribution in [3.63, 3.8) is 0 Å². The largest absolute Gasteiger partial charge is 0.355 e. The molecule has 1 fully saturated rings. The van der Waals surface area contributed by atoms with Crippen LogP contribution >= 0.6 is 0 Å². The van der Waals surface area contributed by atoms with Crippen LogP contribution in [0.4, 0.5) is 4.39 Å². The van der Waals surface area contributed by atoms with Crippen molar-refractivity contribution in [3.05, 3.63) is 30.1 Å². The second-order valence-electron chi connectivity index (χ2n) is 6.19. The number of unbranched alkanes of at least 4 members (excludes halogenated alkanes) is 2. The lowest BCUT2D eigenvalue weighted by Gasteiger charge is -2.33. The molecule has 0 aliphatic carbocycles. The van der Waals surface area contributed by atoms with Crippen LogP contribution in [0.2, 0.25) is 0 Å². The Morgan fingerprint density at radius 2 is 1.92 bits per heavy atom. The van der Waals surface area contributed by atoms with Gasteiger partial charge in [0.1, 0.15) is 5.82 Å². The van der Waals surface area contributed by atoms with E-state index in [0.29, 0.717) is 32.7 Å². The molecule has 0 radical (unpaired) electrons. The van der Waals surface area contributed by atoms with E-state index >= 15 is 0 Å². The van der Waals surface area contributed by atoms with Crippen molar-refractivity contribution in [3.8, 4) is 0 Å². The number of nitrogens with zero attached hydrogens (tertiary/aromatic N) is 2. The number of nitrogens with one attached hydrogen (secondary N) is 1. The number of hydrogen-bond acceptors (Lipinski definition) is 4. The monoisotopic (exact) mass is 371 g/mol. The Bertz CT molecular complexity index is 673. The zero-order chi connectivity index (χ0) is 18.3. The van der Waals surface area contributed by atoms with Crippen molar-refractivity contribution in [1.82, 2.24) is 14.5 Å². The molecule has 6 nitrogen and oxygen atoms in total. The summed E-state index contributed by atoms with van der Waals surface area (Å²) in [6.45, 7) is 4.62. The maximum absolute atomic E-state index is 13.3. The van der Waals surface area contributed by atoms with Gasteiger partial charge in [0.15, 0.2) is 0 Å². The number of piperazine rings is 1. The van der Waals surface area contributed by atoms with Crippen LogP contribution in [0.1, 0.15) is 26.2 Å². The highest BCUT2D eigenvalue weighted by Crippen LogP contribution is 2.18. The van der Waals surface area contributed by atoms with Crippen LogP contribution in [0.5, 0.6) is 0 Å². The van der Waals surface area contributed by atoms with Crippen LogP contribution in [0.25, 0.3) is 0 Å². The van der Waals surface area contributed by atoms with Gasteiger partial charge in [0.2, 0.25) is 15.9 Å². The van der Waals surface area contributed by atoms with E-state index in [0.717, 1.165) is 25.3 Å². The Labute approximate surface area is 149 Å². The first-order valence-electron chi connectivity index (χ1n) is 8.68. The summed E-state index contributed by atoms with van der Waals surface area (Å²) in [6, 6.07) is 5.04. The van der Waals surface area contributed by atoms with Gasteiger partial charge in [-0.2, -0.15) is 4.31 Å². The van der Waals surface area contributed by atoms with Gasteiger partial charge in [-0.05, 0) is 24.6 Å². The van der Waals surface area contributed by atoms with E-state index in [1.807, 2.05) is 4.90 Å². The smallest absolute Gasteiger partial charge is 0.243 e. The molecule has 1 aromatic rings. The van der Waals surface area contributed by atoms with E-state index in [1.165, 1.54) is 22.5 Å². The molecule has 0 saturated carbocycles. The second kappa shape index (κ2) is 9.26. The summed E-state index contributed by atoms with van der Waals surface area (Å²) in [5.41, 5.74) is 0. The van der Waals surface area contributed by atoms with Crippen LogP contribution in [-0.2, 0) is 14.8 Å². The maximum Gasteiger partial charge on any atom is 0.243 e. The van der Waals surface area contributed by atoms with Gasteiger partial charge in [-0.25, -0.2) is 12.8 Å². The average molecular weight is 371 g/mol. The van der Waals surface area contributed by atoms with Crippen LogP contribution in [0.15, 0.2) is 29.2 Å². The highest BCUT2D eigenvalue weighted by atomic mass is 32.2. The quantitative estimate of drug-likeness (QED) is 0.702. The molecular weight excluding hydrogens is 345 g/mol. The number of carbonyl (C=O) groups excluding carboxylic acids is 1. The van der Waals surface area contributed by atoms with Crippen molar-refractivity contribution in [1.29, 1.82) is 0 Å². The Morgan fingerprint density at radius 1 is 1.20 bits per heavy atom. The van der Waals surface area contributed by atoms with Crippen molar-refractivity contribution in [2.75, 3.05) is 39.3 Å². The lowest BCUT2D eigenvalue weighted by atomic mass is 10.2. The summed E-state index contributed by atoms with van der Waals surface area (Å²) in [7, 11) is -3.69. The molecule has 0 atom stereocenters. The first kappa shape index (κ1) is 19.8. The van der Waals surface area contributed by atoms with Crippen molar-refractivity contribution >= 4 is 15.9 Å². The number of hydrogen-bond donors (Lipinski definition) is 1. The third-order valence-corrected chi connectivity index (χ3v) is 6.13. The maximum atomic E-state index is 13.3. The first-order chi connectivity index (χ1) is 11.9. The first-order valence-corrected chi connectivity index (χ1v) is 10.1. The van der Waals surface area contributed by atoms with Gasteiger partial charge in [0.05, 0.1) is 11.4 Å². The number of benzene rings is 1. The fourth-order valence-electron chi connectivity index (χ4n) is 2.77. The third kappa shape index (κ3) is 5.76. The van der Waals surface area contributed by atoms with E-state index in [9.17, 15) is 17.6 Å². The highest BCUT2D eigenvalue weighted by molar-refractivity contribution is 7.89. The van der Waals surface area contributed by atoms with E-state index < -0.39 is 15.8 Å². The Hall–Kier alpha value is -1.51. The molecule has 140 valence electrons. The molecule has 1 N–H and O–H groups in total. The molecule has 1 saturated heterocycles. The standard InChI is InChI=1S/C17H26FN3O3S/c1-2-3-4-8-19-17(22)14-20-9-11-21(12-10-20)25(23,24)16-7-5-6-15(18)13-16/h5-7,13H,2-4,8-12,14H2,1H3,(H,19,22). The summed E-state index contributed by atoms with van der Waals surface area (Å²) in [6.07, 6.45) is 3.18. The Balaban J connectivity index is 1.82. The summed E-state index contributed by atoms with van der Waals surface area (Å²) in [5, 5.41) is 2.88. The highest BCUT2D eigenvalue weighted by Gasteiger charge is 2.29. The lowest BCUT2D eigenvalue weighted by molar-refractivity contribution is -0.122. The molecule has 1 heterocycles. The summed E-state index contributed by atoms with van der Waals surface area (Å²) < 4.78 is 39.7. The van der Waals surface area contributed by atoms with E-state index in [2.05, 4.69) is 12.2 Å². The minimum absolute atomic E-state index is 0.0301. The Morgan fingerprint density at radius 3 is 2.56 bits per heavy atom. The second-order valence-corrected chi connectivity index (χ2v) is 8.13. The number of rotatable bonds is 8. The zero-order valence-corrected chi connectivity index (χ0v) is 15.4. The lowest BCUT2D eigenvalue weighted by Crippen LogP contribution is -2.51. The molecule has 25 heavy (non-hydrogen) atoms. The molecular formula is C17H26FN3O3S. The van der Waals surface area contributed by atoms with Gasteiger partial charge in [-0.3, -0.25) is 9.69 Å². The minimum atomic E-state index is -3.69. The van der Waals surface area contributed by atoms with Gasteiger partial charge in [-0.1, -0.05) is 25.8 Å². The SMILES string of the molecule is CCCCCNC(=O)CN1CCN(S(=O)(=O)c2cccc(F)c2)CC1. The fourth-order valence-corrected chi connectivity index (χ4v) is 4.22. The normalized spacial score (nSPS) is 16.7. The molecule has 1 aliphatic heterocycles. The van der Waals surface area contributed by atoms with Gasteiger partial charge >= 0.3 is 0 Å². The van der Waals surface area contributed by atoms with E-state index in [-0.39, 0.29) is 17.3 Å². The van der Waals surface area contributed by atoms with Gasteiger partial charge < -0.3 is 5.32 Å². The van der Waals surface area contributed by atoms with Crippen LogP contribution in [0.3, 0.4) is 0 Å². The molecule has 2 rings (SSSR count). The Kier molecular flexibility index (Phi) is 7.34. The third-order valence-electron chi connectivity index (χ3n) is 4.23. The van der Waals surface area contributed by atoms with E-state index in [4.69, 9.17) is 0 Å². The summed E-state index contributed by atoms with van der Waals surface area (Å²) in [5.74, 6) is -0.600. The van der Waals surface area contributed by atoms with Crippen LogP contribution in [0, 0.1) is 5.82 Å². The number of halogens is 1.